The van der Waals surface area contributed by atoms with Crippen molar-refractivity contribution in [1.29, 1.82) is 0 Å². The van der Waals surface area contributed by atoms with Crippen molar-refractivity contribution in [3.8, 4) is 0 Å². The van der Waals surface area contributed by atoms with E-state index in [9.17, 15) is 0 Å². The molecule has 6 nitrogen and oxygen atoms in total. The maximum absolute atomic E-state index is 9.15. The largest absolute Gasteiger partial charge is 0.390 e. The quantitative estimate of drug-likeness (QED) is 0.702. The molecule has 0 spiro atoms. The fraction of sp³-hybridized carbons (Fsp3) is 0.267. The summed E-state index contributed by atoms with van der Waals surface area (Å²) in [5.41, 5.74) is 1.92. The van der Waals surface area contributed by atoms with Crippen LogP contribution in [0.4, 0.5) is 0 Å². The first-order chi connectivity index (χ1) is 10.8. The zero-order chi connectivity index (χ0) is 15.4. The predicted molar refractivity (Wildman–Crippen MR) is 82.2 cm³/mol. The molecule has 0 amide bonds. The molecule has 2 aromatic heterocycles. The Morgan fingerprint density at radius 2 is 2.09 bits per heavy atom. The minimum absolute atomic E-state index is 0.0203. The number of aliphatic hydroxyl groups is 1. The van der Waals surface area contributed by atoms with Gasteiger partial charge < -0.3 is 14.2 Å². The van der Waals surface area contributed by atoms with E-state index in [0.29, 0.717) is 23.9 Å². The first kappa shape index (κ1) is 14.8. The normalized spacial score (nSPS) is 11.0. The molecule has 0 saturated heterocycles. The van der Waals surface area contributed by atoms with Gasteiger partial charge in [-0.25, -0.2) is 4.98 Å². The van der Waals surface area contributed by atoms with E-state index in [0.717, 1.165) is 16.4 Å². The zero-order valence-electron chi connectivity index (χ0n) is 12.1. The molecule has 114 valence electrons. The third-order valence-electron chi connectivity index (χ3n) is 3.24. The lowest BCUT2D eigenvalue weighted by Gasteiger charge is -2.01. The second kappa shape index (κ2) is 6.76. The van der Waals surface area contributed by atoms with Gasteiger partial charge in [-0.15, -0.1) is 0 Å². The minimum atomic E-state index is -0.0203. The number of rotatable bonds is 6. The molecule has 1 N–H and O–H groups in total. The van der Waals surface area contributed by atoms with Gasteiger partial charge in [-0.1, -0.05) is 47.3 Å². The Labute approximate surface area is 132 Å². The molecule has 0 radical (unpaired) electrons. The summed E-state index contributed by atoms with van der Waals surface area (Å²) < 4.78 is 7.13. The van der Waals surface area contributed by atoms with Crippen LogP contribution >= 0.6 is 11.8 Å². The number of hydrogen-bond acceptors (Lipinski definition) is 6. The van der Waals surface area contributed by atoms with Crippen molar-refractivity contribution in [3.63, 3.8) is 0 Å². The van der Waals surface area contributed by atoms with Gasteiger partial charge in [0.25, 0.3) is 0 Å². The van der Waals surface area contributed by atoms with E-state index < -0.39 is 0 Å². The lowest BCUT2D eigenvalue weighted by Crippen LogP contribution is -1.97. The van der Waals surface area contributed by atoms with Crippen molar-refractivity contribution in [1.82, 2.24) is 19.7 Å². The Bertz CT molecular complexity index is 739. The van der Waals surface area contributed by atoms with Crippen LogP contribution in [0.5, 0.6) is 0 Å². The van der Waals surface area contributed by atoms with Crippen molar-refractivity contribution >= 4 is 11.8 Å². The predicted octanol–water partition coefficient (Wildman–Crippen LogP) is 2.18. The van der Waals surface area contributed by atoms with Gasteiger partial charge in [-0.05, 0) is 5.56 Å². The molecule has 2 heterocycles. The van der Waals surface area contributed by atoms with Crippen molar-refractivity contribution in [2.75, 3.05) is 0 Å². The molecule has 0 aliphatic rings. The van der Waals surface area contributed by atoms with Crippen molar-refractivity contribution in [3.05, 3.63) is 59.5 Å². The maximum atomic E-state index is 9.15. The van der Waals surface area contributed by atoms with Crippen LogP contribution in [0.1, 0.15) is 23.0 Å². The highest BCUT2D eigenvalue weighted by Crippen LogP contribution is 2.21. The number of aromatic nitrogens is 4. The molecular formula is C15H16N4O2S. The average Bonchev–Trinajstić information content (AvgIpc) is 3.13. The van der Waals surface area contributed by atoms with Gasteiger partial charge in [-0.3, -0.25) is 0 Å². The number of benzene rings is 1. The Kier molecular flexibility index (Phi) is 4.55. The molecule has 7 heteroatoms. The van der Waals surface area contributed by atoms with Crippen LogP contribution in [-0.2, 0) is 25.8 Å². The number of hydrogen-bond donors (Lipinski definition) is 1. The molecule has 0 saturated carbocycles. The SMILES string of the molecule is Cn1c(CO)cnc1SCc1noc(Cc2ccccc2)n1. The van der Waals surface area contributed by atoms with Crippen LogP contribution in [0, 0.1) is 0 Å². The number of aliphatic hydroxyl groups excluding tert-OH is 1. The highest BCUT2D eigenvalue weighted by Gasteiger charge is 2.11. The Balaban J connectivity index is 1.61. The van der Waals surface area contributed by atoms with Crippen LogP contribution in [0.2, 0.25) is 0 Å². The summed E-state index contributed by atoms with van der Waals surface area (Å²) in [5, 5.41) is 14.0. The lowest BCUT2D eigenvalue weighted by atomic mass is 10.1. The van der Waals surface area contributed by atoms with Crippen LogP contribution in [0.3, 0.4) is 0 Å². The molecule has 3 rings (SSSR count). The van der Waals surface area contributed by atoms with E-state index in [-0.39, 0.29) is 6.61 Å². The molecular weight excluding hydrogens is 300 g/mol. The molecule has 0 unspecified atom stereocenters. The van der Waals surface area contributed by atoms with Crippen molar-refractivity contribution in [2.45, 2.75) is 23.9 Å². The topological polar surface area (TPSA) is 77.0 Å². The first-order valence-electron chi connectivity index (χ1n) is 6.86. The summed E-state index contributed by atoms with van der Waals surface area (Å²) in [4.78, 5) is 8.65. The van der Waals surface area contributed by atoms with E-state index >= 15 is 0 Å². The van der Waals surface area contributed by atoms with Gasteiger partial charge in [-0.2, -0.15) is 4.98 Å². The van der Waals surface area contributed by atoms with Crippen LogP contribution in [0.25, 0.3) is 0 Å². The number of thioether (sulfide) groups is 1. The first-order valence-corrected chi connectivity index (χ1v) is 7.84. The summed E-state index contributed by atoms with van der Waals surface area (Å²) in [7, 11) is 1.87. The highest BCUT2D eigenvalue weighted by atomic mass is 32.2. The fourth-order valence-corrected chi connectivity index (χ4v) is 2.84. The van der Waals surface area contributed by atoms with Gasteiger partial charge in [0.2, 0.25) is 5.89 Å². The van der Waals surface area contributed by atoms with Gasteiger partial charge in [0, 0.05) is 7.05 Å². The van der Waals surface area contributed by atoms with Crippen molar-refractivity contribution < 1.29 is 9.63 Å². The van der Waals surface area contributed by atoms with Crippen molar-refractivity contribution in [2.24, 2.45) is 7.05 Å². The summed E-state index contributed by atoms with van der Waals surface area (Å²) in [6.45, 7) is -0.0203. The van der Waals surface area contributed by atoms with Gasteiger partial charge in [0.1, 0.15) is 0 Å². The zero-order valence-corrected chi connectivity index (χ0v) is 13.0. The molecule has 0 aliphatic carbocycles. The molecule has 0 aliphatic heterocycles. The smallest absolute Gasteiger partial charge is 0.231 e. The van der Waals surface area contributed by atoms with Crippen LogP contribution in [-0.4, -0.2) is 24.8 Å². The van der Waals surface area contributed by atoms with Gasteiger partial charge in [0.05, 0.1) is 30.7 Å². The molecule has 0 fully saturated rings. The molecule has 1 aromatic carbocycles. The summed E-state index contributed by atoms with van der Waals surface area (Å²) in [5.74, 6) is 1.83. The van der Waals surface area contributed by atoms with E-state index in [1.54, 1.807) is 6.20 Å². The van der Waals surface area contributed by atoms with Gasteiger partial charge in [0.15, 0.2) is 11.0 Å². The summed E-state index contributed by atoms with van der Waals surface area (Å²) >= 11 is 1.51. The molecule has 22 heavy (non-hydrogen) atoms. The third-order valence-corrected chi connectivity index (χ3v) is 4.28. The standard InChI is InChI=1S/C15H16N4O2S/c1-19-12(9-20)8-16-15(19)22-10-13-17-14(21-18-13)7-11-5-3-2-4-6-11/h2-6,8,20H,7,9-10H2,1H3. The average molecular weight is 316 g/mol. The van der Waals surface area contributed by atoms with E-state index in [2.05, 4.69) is 15.1 Å². The maximum Gasteiger partial charge on any atom is 0.231 e. The second-order valence-electron chi connectivity index (χ2n) is 4.80. The highest BCUT2D eigenvalue weighted by molar-refractivity contribution is 7.98. The van der Waals surface area contributed by atoms with Crippen LogP contribution < -0.4 is 0 Å². The molecule has 3 aromatic rings. The monoisotopic (exact) mass is 316 g/mol. The number of imidazole rings is 1. The summed E-state index contributed by atoms with van der Waals surface area (Å²) in [6.07, 6.45) is 2.30. The van der Waals surface area contributed by atoms with Crippen LogP contribution in [0.15, 0.2) is 46.2 Å². The minimum Gasteiger partial charge on any atom is -0.390 e. The Hall–Kier alpha value is -2.12. The van der Waals surface area contributed by atoms with E-state index in [4.69, 9.17) is 9.63 Å². The Morgan fingerprint density at radius 1 is 1.27 bits per heavy atom. The Morgan fingerprint density at radius 3 is 2.82 bits per heavy atom. The number of nitrogens with zero attached hydrogens (tertiary/aromatic N) is 4. The van der Waals surface area contributed by atoms with E-state index in [1.807, 2.05) is 41.9 Å². The second-order valence-corrected chi connectivity index (χ2v) is 5.75. The van der Waals surface area contributed by atoms with E-state index in [1.165, 1.54) is 11.8 Å². The summed E-state index contributed by atoms with van der Waals surface area (Å²) in [6, 6.07) is 10.0. The lowest BCUT2D eigenvalue weighted by molar-refractivity contribution is 0.271. The van der Waals surface area contributed by atoms with Gasteiger partial charge >= 0.3 is 0 Å². The third kappa shape index (κ3) is 3.37. The fourth-order valence-electron chi connectivity index (χ4n) is 2.03. The molecule has 0 atom stereocenters. The molecule has 0 bridgehead atoms.